The second-order valence-corrected chi connectivity index (χ2v) is 5.47. The van der Waals surface area contributed by atoms with E-state index in [1.165, 1.54) is 0 Å². The van der Waals surface area contributed by atoms with E-state index >= 15 is 0 Å². The Morgan fingerprint density at radius 1 is 1.46 bits per heavy atom. The molecule has 8 N–H and O–H groups in total. The van der Waals surface area contributed by atoms with Gasteiger partial charge in [0.25, 0.3) is 5.96 Å². The highest BCUT2D eigenvalue weighted by Crippen LogP contribution is 2.07. The molecule has 13 heteroatoms. The van der Waals surface area contributed by atoms with Crippen LogP contribution >= 0.6 is 0 Å². The first-order valence-corrected chi connectivity index (χ1v) is 7.40. The van der Waals surface area contributed by atoms with Gasteiger partial charge >= 0.3 is 7.32 Å². The van der Waals surface area contributed by atoms with E-state index < -0.39 is 30.5 Å². The van der Waals surface area contributed by atoms with Crippen LogP contribution in [0.4, 0.5) is 0 Å². The Labute approximate surface area is 139 Å². The average molecular weight is 348 g/mol. The van der Waals surface area contributed by atoms with Crippen LogP contribution in [0.5, 0.6) is 0 Å². The summed E-state index contributed by atoms with van der Waals surface area (Å²) in [5.41, 5.74) is 12.7. The molecule has 0 aromatic carbocycles. The smallest absolute Gasteiger partial charge is 0.402 e. The molecule has 0 saturated carbocycles. The molecule has 0 aromatic heterocycles. The molecule has 0 saturated heterocycles. The van der Waals surface area contributed by atoms with E-state index in [-0.39, 0.29) is 24.8 Å². The summed E-state index contributed by atoms with van der Waals surface area (Å²) < 4.78 is 4.79. The molecular formula is C11H25BN6O6. The normalized spacial score (nSPS) is 14.2. The number of hydrogen-bond donors (Lipinski definition) is 6. The van der Waals surface area contributed by atoms with Crippen molar-refractivity contribution in [3.63, 3.8) is 0 Å². The minimum absolute atomic E-state index is 0.150. The number of aliphatic imine (C=N–C) groups is 1. The van der Waals surface area contributed by atoms with Gasteiger partial charge in [0.05, 0.1) is 6.04 Å². The van der Waals surface area contributed by atoms with Gasteiger partial charge in [-0.25, -0.2) is 15.1 Å². The van der Waals surface area contributed by atoms with E-state index in [4.69, 9.17) is 26.2 Å². The predicted octanol–water partition coefficient (Wildman–Crippen LogP) is -2.34. The van der Waals surface area contributed by atoms with Gasteiger partial charge in [-0.15, -0.1) is 0 Å². The second-order valence-electron chi connectivity index (χ2n) is 5.47. The number of hydrazine groups is 1. The fourth-order valence-electron chi connectivity index (χ4n) is 1.76. The number of hydrogen-bond acceptors (Lipinski definition) is 8. The Morgan fingerprint density at radius 2 is 2.08 bits per heavy atom. The third-order valence-corrected chi connectivity index (χ3v) is 2.77. The van der Waals surface area contributed by atoms with Crippen LogP contribution in [0.25, 0.3) is 0 Å². The van der Waals surface area contributed by atoms with Gasteiger partial charge < -0.3 is 31.5 Å². The van der Waals surface area contributed by atoms with E-state index in [9.17, 15) is 14.9 Å². The van der Waals surface area contributed by atoms with Gasteiger partial charge in [0.15, 0.2) is 5.03 Å². The third kappa shape index (κ3) is 11.6. The van der Waals surface area contributed by atoms with Crippen molar-refractivity contribution >= 4 is 19.2 Å². The van der Waals surface area contributed by atoms with Gasteiger partial charge in [-0.05, 0) is 25.2 Å². The number of carbonyl (C=O) groups is 1. The molecule has 0 fully saturated rings. The lowest BCUT2D eigenvalue weighted by molar-refractivity contribution is -0.525. The summed E-state index contributed by atoms with van der Waals surface area (Å²) in [6, 6.07) is -0.862. The van der Waals surface area contributed by atoms with Gasteiger partial charge in [-0.2, -0.15) is 0 Å². The van der Waals surface area contributed by atoms with Crippen LogP contribution in [0, 0.1) is 16.0 Å². The van der Waals surface area contributed by atoms with E-state index in [2.05, 4.69) is 10.3 Å². The molecule has 1 amide bonds. The van der Waals surface area contributed by atoms with E-state index in [1.807, 2.05) is 13.8 Å². The predicted molar refractivity (Wildman–Crippen MR) is 86.5 cm³/mol. The summed E-state index contributed by atoms with van der Waals surface area (Å²) >= 11 is 0. The van der Waals surface area contributed by atoms with Crippen LogP contribution in [0.15, 0.2) is 4.99 Å². The molecule has 0 bridgehead atoms. The summed E-state index contributed by atoms with van der Waals surface area (Å²) in [7, 11) is -2.00. The fourth-order valence-corrected chi connectivity index (χ4v) is 1.76. The first kappa shape index (κ1) is 22.0. The van der Waals surface area contributed by atoms with Gasteiger partial charge in [0.2, 0.25) is 5.91 Å². The first-order chi connectivity index (χ1) is 11.1. The van der Waals surface area contributed by atoms with Crippen molar-refractivity contribution in [3.05, 3.63) is 10.1 Å². The zero-order chi connectivity index (χ0) is 18.7. The molecule has 0 rings (SSSR count). The average Bonchev–Trinajstić information content (AvgIpc) is 2.40. The summed E-state index contributed by atoms with van der Waals surface area (Å²) in [6.45, 7) is 3.93. The molecule has 2 atom stereocenters. The SMILES string of the molecule is CC(C)C[C@H](NC(=O)[C@@H](N)CCCN=C(N)N[N+](=O)[O-])OB(O)O. The van der Waals surface area contributed by atoms with Crippen LogP contribution in [0.2, 0.25) is 0 Å². The van der Waals surface area contributed by atoms with Crippen molar-refractivity contribution in [3.8, 4) is 0 Å². The van der Waals surface area contributed by atoms with Crippen molar-refractivity contribution in [2.24, 2.45) is 22.4 Å². The highest BCUT2D eigenvalue weighted by Gasteiger charge is 2.23. The van der Waals surface area contributed by atoms with Crippen molar-refractivity contribution in [1.82, 2.24) is 10.7 Å². The number of nitrogens with zero attached hydrogens (tertiary/aromatic N) is 2. The molecule has 24 heavy (non-hydrogen) atoms. The lowest BCUT2D eigenvalue weighted by Crippen LogP contribution is -2.48. The highest BCUT2D eigenvalue weighted by molar-refractivity contribution is 6.32. The van der Waals surface area contributed by atoms with Gasteiger partial charge in [-0.3, -0.25) is 4.79 Å². The monoisotopic (exact) mass is 348 g/mol. The molecule has 0 aliphatic heterocycles. The fraction of sp³-hybridized carbons (Fsp3) is 0.818. The minimum Gasteiger partial charge on any atom is -0.402 e. The number of guanidine groups is 1. The first-order valence-electron chi connectivity index (χ1n) is 7.40. The maximum absolute atomic E-state index is 11.9. The topological polar surface area (TPSA) is 198 Å². The number of rotatable bonds is 11. The van der Waals surface area contributed by atoms with Crippen LogP contribution in [-0.4, -0.2) is 53.1 Å². The molecule has 0 unspecified atom stereocenters. The summed E-state index contributed by atoms with van der Waals surface area (Å²) in [5.74, 6) is -0.696. The van der Waals surface area contributed by atoms with Crippen LogP contribution in [-0.2, 0) is 9.45 Å². The van der Waals surface area contributed by atoms with E-state index in [1.54, 1.807) is 5.43 Å². The van der Waals surface area contributed by atoms with E-state index in [0.29, 0.717) is 12.8 Å². The minimum atomic E-state index is -2.00. The van der Waals surface area contributed by atoms with Crippen molar-refractivity contribution < 1.29 is 24.5 Å². The second kappa shape index (κ2) is 11.6. The van der Waals surface area contributed by atoms with Crippen molar-refractivity contribution in [2.45, 2.75) is 45.4 Å². The standard InChI is InChI=1S/C11H25BN6O6/c1-7(2)6-9(24-12(20)21)16-10(19)8(13)4-3-5-15-11(14)17-18(22)23/h7-9,20-21H,3-6,13H2,1-2H3,(H,16,19)(H3,14,15,17)/t8-,9+/m0/s1. The van der Waals surface area contributed by atoms with Gasteiger partial charge in [0.1, 0.15) is 6.23 Å². The molecule has 0 radical (unpaired) electrons. The van der Waals surface area contributed by atoms with Crippen molar-refractivity contribution in [1.29, 1.82) is 0 Å². The lowest BCUT2D eigenvalue weighted by atomic mass is 10.1. The molecule has 0 aromatic rings. The highest BCUT2D eigenvalue weighted by atomic mass is 16.7. The number of carbonyl (C=O) groups excluding carboxylic acids is 1. The Hall–Kier alpha value is -1.96. The quantitative estimate of drug-likeness (QED) is 0.0450. The van der Waals surface area contributed by atoms with Crippen LogP contribution in [0.1, 0.15) is 33.1 Å². The van der Waals surface area contributed by atoms with Gasteiger partial charge in [0, 0.05) is 6.54 Å². The Balaban J connectivity index is 4.26. The zero-order valence-corrected chi connectivity index (χ0v) is 13.7. The number of nitro groups is 1. The number of nitrogens with two attached hydrogens (primary N) is 2. The third-order valence-electron chi connectivity index (χ3n) is 2.77. The number of nitrogens with one attached hydrogen (secondary N) is 2. The maximum Gasteiger partial charge on any atom is 0.635 e. The summed E-state index contributed by atoms with van der Waals surface area (Å²) in [4.78, 5) is 25.8. The van der Waals surface area contributed by atoms with Crippen molar-refractivity contribution in [2.75, 3.05) is 6.54 Å². The summed E-state index contributed by atoms with van der Waals surface area (Å²) in [5, 5.41) is 29.5. The molecular weight excluding hydrogens is 323 g/mol. The largest absolute Gasteiger partial charge is 0.635 e. The molecule has 0 aliphatic rings. The number of amides is 1. The maximum atomic E-state index is 11.9. The Kier molecular flexibility index (Phi) is 10.6. The van der Waals surface area contributed by atoms with Gasteiger partial charge in [-0.1, -0.05) is 19.3 Å². The molecule has 0 aliphatic carbocycles. The van der Waals surface area contributed by atoms with Crippen LogP contribution < -0.4 is 22.2 Å². The lowest BCUT2D eigenvalue weighted by Gasteiger charge is -2.22. The molecule has 0 heterocycles. The Bertz CT molecular complexity index is 425. The van der Waals surface area contributed by atoms with Crippen LogP contribution in [0.3, 0.4) is 0 Å². The Morgan fingerprint density at radius 3 is 2.58 bits per heavy atom. The van der Waals surface area contributed by atoms with E-state index in [0.717, 1.165) is 0 Å². The molecule has 12 nitrogen and oxygen atoms in total. The molecule has 0 spiro atoms. The molecule has 138 valence electrons. The zero-order valence-electron chi connectivity index (χ0n) is 13.7. The summed E-state index contributed by atoms with van der Waals surface area (Å²) in [6.07, 6.45) is 0.148.